The van der Waals surface area contributed by atoms with Crippen molar-refractivity contribution in [1.29, 1.82) is 0 Å². The molecule has 0 spiro atoms. The van der Waals surface area contributed by atoms with Gasteiger partial charge < -0.3 is 5.11 Å². The normalized spacial score (nSPS) is 11.4. The summed E-state index contributed by atoms with van der Waals surface area (Å²) in [6.45, 7) is 2.88. The molecule has 0 aliphatic rings. The fourth-order valence-electron chi connectivity index (χ4n) is 2.18. The second kappa shape index (κ2) is 5.80. The number of aromatic nitrogens is 2. The van der Waals surface area contributed by atoms with Crippen LogP contribution in [0, 0.1) is 13.8 Å². The van der Waals surface area contributed by atoms with Crippen molar-refractivity contribution in [2.45, 2.75) is 18.7 Å². The van der Waals surface area contributed by atoms with E-state index in [1.165, 1.54) is 23.1 Å². The average Bonchev–Trinajstić information content (AvgIpc) is 2.81. The highest BCUT2D eigenvalue weighted by Crippen LogP contribution is 2.25. The van der Waals surface area contributed by atoms with Crippen molar-refractivity contribution >= 4 is 21.7 Å². The van der Waals surface area contributed by atoms with E-state index >= 15 is 0 Å². The number of anilines is 1. The van der Waals surface area contributed by atoms with Gasteiger partial charge in [0.15, 0.2) is 0 Å². The zero-order valence-electron chi connectivity index (χ0n) is 12.5. The molecule has 0 unspecified atom stereocenters. The number of carboxylic acids is 1. The monoisotopic (exact) mass is 323 g/mol. The number of carbonyl (C=O) groups is 1. The summed E-state index contributed by atoms with van der Waals surface area (Å²) in [5.74, 6) is -1.24. The Kier molecular flexibility index (Phi) is 4.23. The molecular formula is C14H17N3O4S. The lowest BCUT2D eigenvalue weighted by Crippen LogP contribution is -2.36. The summed E-state index contributed by atoms with van der Waals surface area (Å²) in [6, 6.07) is 4.92. The van der Waals surface area contributed by atoms with Crippen LogP contribution in [0.5, 0.6) is 0 Å². The van der Waals surface area contributed by atoms with E-state index in [-0.39, 0.29) is 10.6 Å². The van der Waals surface area contributed by atoms with Crippen molar-refractivity contribution in [3.8, 4) is 0 Å². The van der Waals surface area contributed by atoms with Gasteiger partial charge in [0.05, 0.1) is 16.8 Å². The van der Waals surface area contributed by atoms with Gasteiger partial charge in [0, 0.05) is 13.2 Å². The Hall–Kier alpha value is -2.35. The topological polar surface area (TPSA) is 92.5 Å². The summed E-state index contributed by atoms with van der Waals surface area (Å²) >= 11 is 0. The molecule has 1 aromatic heterocycles. The van der Waals surface area contributed by atoms with Crippen molar-refractivity contribution in [3.63, 3.8) is 0 Å². The fourth-order valence-corrected chi connectivity index (χ4v) is 3.78. The van der Waals surface area contributed by atoms with Gasteiger partial charge in [-0.25, -0.2) is 8.42 Å². The summed E-state index contributed by atoms with van der Waals surface area (Å²) in [7, 11) is -2.35. The molecule has 2 aromatic rings. The van der Waals surface area contributed by atoms with Gasteiger partial charge in [0.1, 0.15) is 6.54 Å². The molecule has 2 rings (SSSR count). The Balaban J connectivity index is 2.56. The van der Waals surface area contributed by atoms with Crippen molar-refractivity contribution in [1.82, 2.24) is 9.78 Å². The summed E-state index contributed by atoms with van der Waals surface area (Å²) in [5.41, 5.74) is 1.71. The lowest BCUT2D eigenvalue weighted by molar-refractivity contribution is -0.135. The molecule has 0 saturated heterocycles. The molecule has 0 amide bonds. The predicted molar refractivity (Wildman–Crippen MR) is 81.3 cm³/mol. The lowest BCUT2D eigenvalue weighted by atomic mass is 10.2. The van der Waals surface area contributed by atoms with E-state index in [2.05, 4.69) is 5.10 Å². The Bertz CT molecular complexity index is 811. The summed E-state index contributed by atoms with van der Waals surface area (Å²) in [6.07, 6.45) is 2.79. The number of hydrogen-bond donors (Lipinski definition) is 1. The van der Waals surface area contributed by atoms with Crippen LogP contribution in [0.2, 0.25) is 0 Å². The fraction of sp³-hybridized carbons (Fsp3) is 0.286. The molecule has 0 atom stereocenters. The zero-order chi connectivity index (χ0) is 16.5. The van der Waals surface area contributed by atoms with Crippen molar-refractivity contribution in [3.05, 3.63) is 41.7 Å². The van der Waals surface area contributed by atoms with Crippen LogP contribution < -0.4 is 4.31 Å². The molecule has 8 heteroatoms. The van der Waals surface area contributed by atoms with Gasteiger partial charge in [-0.1, -0.05) is 17.7 Å². The molecule has 0 aliphatic carbocycles. The highest BCUT2D eigenvalue weighted by Gasteiger charge is 2.29. The maximum absolute atomic E-state index is 12.8. The van der Waals surface area contributed by atoms with Crippen molar-refractivity contribution < 1.29 is 18.3 Å². The first-order valence-corrected chi connectivity index (χ1v) is 7.96. The summed E-state index contributed by atoms with van der Waals surface area (Å²) in [4.78, 5) is 11.2. The van der Waals surface area contributed by atoms with Crippen LogP contribution in [-0.4, -0.2) is 35.8 Å². The summed E-state index contributed by atoms with van der Waals surface area (Å²) in [5, 5.41) is 12.9. The second-order valence-electron chi connectivity index (χ2n) is 5.05. The highest BCUT2D eigenvalue weighted by molar-refractivity contribution is 7.93. The number of benzene rings is 1. The summed E-state index contributed by atoms with van der Waals surface area (Å²) < 4.78 is 27.9. The highest BCUT2D eigenvalue weighted by atomic mass is 32.2. The van der Waals surface area contributed by atoms with E-state index in [4.69, 9.17) is 5.11 Å². The molecule has 118 valence electrons. The minimum Gasteiger partial charge on any atom is -0.480 e. The van der Waals surface area contributed by atoms with Gasteiger partial charge in [-0.3, -0.25) is 13.8 Å². The van der Waals surface area contributed by atoms with Crippen molar-refractivity contribution in [2.24, 2.45) is 7.05 Å². The van der Waals surface area contributed by atoms with E-state index in [1.54, 1.807) is 26.1 Å². The van der Waals surface area contributed by atoms with Gasteiger partial charge in [0.25, 0.3) is 10.0 Å². The first-order chi connectivity index (χ1) is 10.2. The van der Waals surface area contributed by atoms with E-state index < -0.39 is 22.5 Å². The van der Waals surface area contributed by atoms with E-state index in [0.717, 1.165) is 9.87 Å². The smallest absolute Gasteiger partial charge is 0.324 e. The first-order valence-electron chi connectivity index (χ1n) is 6.52. The molecule has 7 nitrogen and oxygen atoms in total. The zero-order valence-corrected chi connectivity index (χ0v) is 13.3. The number of sulfonamides is 1. The van der Waals surface area contributed by atoms with Crippen LogP contribution in [0.25, 0.3) is 0 Å². The van der Waals surface area contributed by atoms with Crippen LogP contribution >= 0.6 is 0 Å². The Morgan fingerprint density at radius 2 is 2.05 bits per heavy atom. The van der Waals surface area contributed by atoms with Gasteiger partial charge in [-0.05, 0) is 25.5 Å². The van der Waals surface area contributed by atoms with Crippen molar-refractivity contribution in [2.75, 3.05) is 10.8 Å². The van der Waals surface area contributed by atoms with E-state index in [9.17, 15) is 13.2 Å². The SMILES string of the molecule is Cc1ccc(S(=O)(=O)N(CC(=O)O)c2cnn(C)c2)c(C)c1. The number of aliphatic carboxylic acids is 1. The number of rotatable bonds is 5. The lowest BCUT2D eigenvalue weighted by Gasteiger charge is -2.22. The van der Waals surface area contributed by atoms with Gasteiger partial charge in [-0.2, -0.15) is 5.10 Å². The standard InChI is InChI=1S/C14H17N3O4S/c1-10-4-5-13(11(2)6-10)22(20,21)17(9-14(18)19)12-7-15-16(3)8-12/h4-8H,9H2,1-3H3,(H,18,19). The molecule has 1 N–H and O–H groups in total. The molecule has 0 radical (unpaired) electrons. The molecule has 22 heavy (non-hydrogen) atoms. The average molecular weight is 323 g/mol. The molecule has 1 heterocycles. The van der Waals surface area contributed by atoms with Gasteiger partial charge in [0.2, 0.25) is 0 Å². The first kappa shape index (κ1) is 16.0. The molecular weight excluding hydrogens is 306 g/mol. The van der Waals surface area contributed by atoms with E-state index in [1.807, 2.05) is 6.92 Å². The van der Waals surface area contributed by atoms with Crippen LogP contribution in [-0.2, 0) is 21.9 Å². The largest absolute Gasteiger partial charge is 0.480 e. The predicted octanol–water partition coefficient (Wildman–Crippen LogP) is 1.32. The number of nitrogens with zero attached hydrogens (tertiary/aromatic N) is 3. The Morgan fingerprint density at radius 1 is 1.36 bits per heavy atom. The van der Waals surface area contributed by atoms with Gasteiger partial charge >= 0.3 is 5.97 Å². The van der Waals surface area contributed by atoms with E-state index in [0.29, 0.717) is 5.56 Å². The molecule has 1 aromatic carbocycles. The van der Waals surface area contributed by atoms with Crippen LogP contribution in [0.3, 0.4) is 0 Å². The van der Waals surface area contributed by atoms with Crippen LogP contribution in [0.15, 0.2) is 35.5 Å². The number of aryl methyl sites for hydroxylation is 3. The quantitative estimate of drug-likeness (QED) is 0.896. The molecule has 0 fully saturated rings. The van der Waals surface area contributed by atoms with Crippen LogP contribution in [0.4, 0.5) is 5.69 Å². The second-order valence-corrected chi connectivity index (χ2v) is 6.88. The number of hydrogen-bond acceptors (Lipinski definition) is 4. The Labute approximate surface area is 128 Å². The minimum atomic E-state index is -3.98. The Morgan fingerprint density at radius 3 is 2.55 bits per heavy atom. The molecule has 0 bridgehead atoms. The van der Waals surface area contributed by atoms with Gasteiger partial charge in [-0.15, -0.1) is 0 Å². The molecule has 0 saturated carbocycles. The maximum Gasteiger partial charge on any atom is 0.324 e. The molecule has 0 aliphatic heterocycles. The maximum atomic E-state index is 12.8. The third-order valence-corrected chi connectivity index (χ3v) is 5.09. The number of carboxylic acid groups (broad SMARTS) is 1. The van der Waals surface area contributed by atoms with Crippen LogP contribution in [0.1, 0.15) is 11.1 Å². The minimum absolute atomic E-state index is 0.0863. The third-order valence-electron chi connectivity index (χ3n) is 3.16. The third kappa shape index (κ3) is 3.11.